The van der Waals surface area contributed by atoms with E-state index in [1.165, 1.54) is 44.1 Å². The maximum absolute atomic E-state index is 4.04. The van der Waals surface area contributed by atoms with Crippen molar-refractivity contribution in [2.24, 2.45) is 7.05 Å². The van der Waals surface area contributed by atoms with Gasteiger partial charge >= 0.3 is 0 Å². The molecule has 0 aliphatic rings. The lowest BCUT2D eigenvalue weighted by Crippen LogP contribution is -2.12. The Morgan fingerprint density at radius 3 is 2.15 bits per heavy atom. The number of aryl methyl sites for hydroxylation is 2. The van der Waals surface area contributed by atoms with E-state index in [0.29, 0.717) is 0 Å². The third kappa shape index (κ3) is 2.66. The number of fused-ring (bicyclic) bond motifs is 1. The molecule has 0 aliphatic carbocycles. The number of rotatable bonds is 2. The lowest BCUT2D eigenvalue weighted by molar-refractivity contribution is 0.915. The predicted octanol–water partition coefficient (Wildman–Crippen LogP) is 4.45. The van der Waals surface area contributed by atoms with Crippen LogP contribution >= 0.6 is 0 Å². The zero-order chi connectivity index (χ0) is 18.3. The largest absolute Gasteiger partial charge is 0.347 e. The first-order valence-electron chi connectivity index (χ1n) is 8.97. The van der Waals surface area contributed by atoms with Gasteiger partial charge in [0, 0.05) is 29.2 Å². The van der Waals surface area contributed by atoms with Gasteiger partial charge in [0.1, 0.15) is 0 Å². The first-order chi connectivity index (χ1) is 12.6. The average Bonchev–Trinajstić information content (AvgIpc) is 2.90. The highest BCUT2D eigenvalue weighted by molar-refractivity contribution is 5.98. The molecular formula is C25H23N. The van der Waals surface area contributed by atoms with Crippen LogP contribution in [-0.2, 0) is 7.05 Å². The van der Waals surface area contributed by atoms with Crippen LogP contribution in [0.15, 0.2) is 72.8 Å². The predicted molar refractivity (Wildman–Crippen MR) is 112 cm³/mol. The van der Waals surface area contributed by atoms with Gasteiger partial charge in [0.2, 0.25) is 0 Å². The molecule has 0 fully saturated rings. The Hall–Kier alpha value is -3.06. The number of hydrogen-bond acceptors (Lipinski definition) is 0. The molecule has 0 N–H and O–H groups in total. The monoisotopic (exact) mass is 337 g/mol. The Kier molecular flexibility index (Phi) is 4.00. The van der Waals surface area contributed by atoms with E-state index in [1.807, 2.05) is 0 Å². The first-order valence-corrected chi connectivity index (χ1v) is 8.97. The normalized spacial score (nSPS) is 11.0. The number of nitrogens with zero attached hydrogens (tertiary/aromatic N) is 1. The third-order valence-electron chi connectivity index (χ3n) is 5.23. The van der Waals surface area contributed by atoms with Gasteiger partial charge in [-0.2, -0.15) is 0 Å². The van der Waals surface area contributed by atoms with Crippen molar-refractivity contribution in [3.05, 3.63) is 106 Å². The van der Waals surface area contributed by atoms with E-state index in [4.69, 9.17) is 0 Å². The summed E-state index contributed by atoms with van der Waals surface area (Å²) in [5, 5.41) is 3.55. The van der Waals surface area contributed by atoms with Crippen molar-refractivity contribution in [3.8, 4) is 0 Å². The van der Waals surface area contributed by atoms with Gasteiger partial charge in [0.25, 0.3) is 0 Å². The molecule has 0 aliphatic heterocycles. The van der Waals surface area contributed by atoms with Crippen LogP contribution in [0.1, 0.15) is 22.4 Å². The first kappa shape index (κ1) is 16.4. The second kappa shape index (κ2) is 6.34. The highest BCUT2D eigenvalue weighted by atomic mass is 14.9. The maximum atomic E-state index is 4.04. The van der Waals surface area contributed by atoms with Gasteiger partial charge in [-0.05, 0) is 41.5 Å². The van der Waals surface area contributed by atoms with Gasteiger partial charge in [-0.1, -0.05) is 78.9 Å². The molecule has 0 bridgehead atoms. The molecule has 128 valence electrons. The molecule has 0 unspecified atom stereocenters. The van der Waals surface area contributed by atoms with E-state index in [0.717, 1.165) is 5.22 Å². The van der Waals surface area contributed by atoms with Gasteiger partial charge < -0.3 is 4.57 Å². The second-order valence-corrected chi connectivity index (χ2v) is 6.97. The molecule has 0 spiro atoms. The molecule has 1 heteroatoms. The molecule has 3 aromatic carbocycles. The summed E-state index contributed by atoms with van der Waals surface area (Å²) in [7, 11) is 2.15. The Balaban J connectivity index is 2.16. The summed E-state index contributed by atoms with van der Waals surface area (Å²) >= 11 is 0. The van der Waals surface area contributed by atoms with Crippen LogP contribution in [0.4, 0.5) is 0 Å². The molecule has 0 amide bonds. The smallest absolute Gasteiger partial charge is 0.0486 e. The van der Waals surface area contributed by atoms with Crippen molar-refractivity contribution >= 4 is 23.1 Å². The fraction of sp³-hybridized carbons (Fsp3) is 0.120. The number of benzene rings is 3. The van der Waals surface area contributed by atoms with Gasteiger partial charge in [0.05, 0.1) is 0 Å². The van der Waals surface area contributed by atoms with Gasteiger partial charge in [-0.15, -0.1) is 0 Å². The summed E-state index contributed by atoms with van der Waals surface area (Å²) in [6.07, 6.45) is 0. The van der Waals surface area contributed by atoms with Gasteiger partial charge in [-0.25, -0.2) is 0 Å². The van der Waals surface area contributed by atoms with Crippen molar-refractivity contribution in [3.63, 3.8) is 0 Å². The lowest BCUT2D eigenvalue weighted by Gasteiger charge is -2.11. The van der Waals surface area contributed by atoms with E-state index < -0.39 is 0 Å². The Morgan fingerprint density at radius 1 is 0.808 bits per heavy atom. The van der Waals surface area contributed by atoms with E-state index in [9.17, 15) is 0 Å². The van der Waals surface area contributed by atoms with Crippen molar-refractivity contribution in [1.82, 2.24) is 4.57 Å². The van der Waals surface area contributed by atoms with E-state index >= 15 is 0 Å². The Bertz CT molecular complexity index is 1180. The van der Waals surface area contributed by atoms with E-state index in [-0.39, 0.29) is 0 Å². The minimum absolute atomic E-state index is 1.03. The average molecular weight is 337 g/mol. The Labute approximate surface area is 154 Å². The molecule has 1 aromatic heterocycles. The molecule has 0 saturated heterocycles. The second-order valence-electron chi connectivity index (χ2n) is 6.97. The molecular weight excluding hydrogens is 314 g/mol. The van der Waals surface area contributed by atoms with Crippen LogP contribution in [0.3, 0.4) is 0 Å². The molecule has 4 rings (SSSR count). The minimum atomic E-state index is 1.03. The number of hydrogen-bond donors (Lipinski definition) is 0. The topological polar surface area (TPSA) is 4.93 Å². The van der Waals surface area contributed by atoms with Crippen LogP contribution < -0.4 is 10.4 Å². The highest BCUT2D eigenvalue weighted by Gasteiger charge is 2.17. The van der Waals surface area contributed by atoms with Crippen molar-refractivity contribution < 1.29 is 0 Å². The van der Waals surface area contributed by atoms with Crippen LogP contribution in [0.25, 0.3) is 23.1 Å². The van der Waals surface area contributed by atoms with Gasteiger partial charge in [0.15, 0.2) is 0 Å². The van der Waals surface area contributed by atoms with Crippen LogP contribution in [0, 0.1) is 13.8 Å². The van der Waals surface area contributed by atoms with Crippen molar-refractivity contribution in [1.29, 1.82) is 0 Å². The quantitative estimate of drug-likeness (QED) is 0.509. The van der Waals surface area contributed by atoms with Crippen molar-refractivity contribution in [2.45, 2.75) is 13.8 Å². The summed E-state index contributed by atoms with van der Waals surface area (Å²) < 4.78 is 2.29. The van der Waals surface area contributed by atoms with Crippen LogP contribution in [-0.4, -0.2) is 4.57 Å². The summed E-state index contributed by atoms with van der Waals surface area (Å²) in [4.78, 5) is 0. The number of aromatic nitrogens is 1. The zero-order valence-electron chi connectivity index (χ0n) is 15.6. The van der Waals surface area contributed by atoms with Crippen LogP contribution in [0.5, 0.6) is 0 Å². The molecule has 4 aromatic rings. The molecule has 0 radical (unpaired) electrons. The van der Waals surface area contributed by atoms with E-state index in [2.05, 4.69) is 105 Å². The van der Waals surface area contributed by atoms with E-state index in [1.54, 1.807) is 0 Å². The molecule has 0 saturated carbocycles. The summed E-state index contributed by atoms with van der Waals surface area (Å²) in [6, 6.07) is 26.0. The summed E-state index contributed by atoms with van der Waals surface area (Å²) in [6.45, 7) is 8.37. The SMILES string of the molecule is C=c1ccc(=C(c2ccc(C)cc2)c2c(C)n(C)c3ccccc23)cc1. The third-order valence-corrected chi connectivity index (χ3v) is 5.23. The maximum Gasteiger partial charge on any atom is 0.0486 e. The number of para-hydroxylation sites is 1. The highest BCUT2D eigenvalue weighted by Crippen LogP contribution is 2.33. The summed E-state index contributed by atoms with van der Waals surface area (Å²) in [5.74, 6) is 0. The summed E-state index contributed by atoms with van der Waals surface area (Å²) in [5.41, 5.74) is 7.64. The fourth-order valence-electron chi connectivity index (χ4n) is 3.68. The molecule has 0 atom stereocenters. The van der Waals surface area contributed by atoms with Crippen molar-refractivity contribution in [2.75, 3.05) is 0 Å². The fourth-order valence-corrected chi connectivity index (χ4v) is 3.68. The lowest BCUT2D eigenvalue weighted by atomic mass is 9.92. The van der Waals surface area contributed by atoms with Gasteiger partial charge in [-0.3, -0.25) is 0 Å². The van der Waals surface area contributed by atoms with Crippen LogP contribution in [0.2, 0.25) is 0 Å². The minimum Gasteiger partial charge on any atom is -0.347 e. The Morgan fingerprint density at radius 2 is 1.46 bits per heavy atom. The molecule has 1 heterocycles. The zero-order valence-corrected chi connectivity index (χ0v) is 15.6. The molecule has 1 nitrogen and oxygen atoms in total. The standard InChI is InChI=1S/C25H23N/c1-17-9-13-20(14-10-17)25(21-15-11-18(2)12-16-21)24-19(3)26(4)23-8-6-5-7-22(23)24/h5-16H,1H2,2-4H3. The molecule has 26 heavy (non-hydrogen) atoms.